The van der Waals surface area contributed by atoms with Crippen LogP contribution in [0.15, 0.2) is 218 Å². The minimum atomic E-state index is 1.22. The predicted molar refractivity (Wildman–Crippen MR) is 267 cm³/mol. The van der Waals surface area contributed by atoms with E-state index in [9.17, 15) is 0 Å². The van der Waals surface area contributed by atoms with Crippen molar-refractivity contribution in [3.8, 4) is 66.8 Å². The molecule has 0 unspecified atom stereocenters. The third kappa shape index (κ3) is 5.75. The van der Waals surface area contributed by atoms with Gasteiger partial charge in [0.15, 0.2) is 0 Å². The van der Waals surface area contributed by atoms with Crippen LogP contribution < -0.4 is 0 Å². The smallest absolute Gasteiger partial charge is 0.00139 e. The highest BCUT2D eigenvalue weighted by Gasteiger charge is 2.23. The lowest BCUT2D eigenvalue weighted by Gasteiger charge is -2.23. The molecular weight excluding hydrogens is 745 g/mol. The van der Waals surface area contributed by atoms with Crippen LogP contribution in [0.2, 0.25) is 0 Å². The van der Waals surface area contributed by atoms with E-state index in [-0.39, 0.29) is 0 Å². The molecule has 12 rings (SSSR count). The maximum atomic E-state index is 2.47. The number of aryl methyl sites for hydroxylation is 2. The molecule has 0 N–H and O–H groups in total. The molecule has 12 aromatic carbocycles. The van der Waals surface area contributed by atoms with Crippen molar-refractivity contribution in [2.45, 2.75) is 13.8 Å². The Morgan fingerprint density at radius 2 is 0.484 bits per heavy atom. The molecule has 0 atom stereocenters. The van der Waals surface area contributed by atoms with E-state index in [0.29, 0.717) is 0 Å². The van der Waals surface area contributed by atoms with Crippen molar-refractivity contribution < 1.29 is 0 Å². The van der Waals surface area contributed by atoms with E-state index in [4.69, 9.17) is 0 Å². The summed E-state index contributed by atoms with van der Waals surface area (Å²) in [6.45, 7) is 4.34. The number of benzene rings is 12. The highest BCUT2D eigenvalue weighted by Crippen LogP contribution is 2.50. The Morgan fingerprint density at radius 3 is 0.855 bits per heavy atom. The van der Waals surface area contributed by atoms with Crippen molar-refractivity contribution in [3.05, 3.63) is 230 Å². The Hall–Kier alpha value is -7.80. The van der Waals surface area contributed by atoms with Crippen LogP contribution in [-0.4, -0.2) is 0 Å². The Balaban J connectivity index is 1.22. The van der Waals surface area contributed by atoms with Gasteiger partial charge in [-0.3, -0.25) is 0 Å². The summed E-state index contributed by atoms with van der Waals surface area (Å²) >= 11 is 0. The van der Waals surface area contributed by atoms with Crippen LogP contribution in [0.25, 0.3) is 121 Å². The average molecular weight is 787 g/mol. The first kappa shape index (κ1) is 36.1. The van der Waals surface area contributed by atoms with Crippen molar-refractivity contribution >= 4 is 53.9 Å². The summed E-state index contributed by atoms with van der Waals surface area (Å²) in [5.41, 5.74) is 17.4. The molecule has 0 heterocycles. The molecule has 0 saturated carbocycles. The predicted octanol–water partition coefficient (Wildman–Crippen LogP) is 17.5. The number of rotatable bonds is 6. The third-order valence-corrected chi connectivity index (χ3v) is 13.2. The first-order chi connectivity index (χ1) is 30.6. The molecule has 0 aliphatic rings. The summed E-state index contributed by atoms with van der Waals surface area (Å²) in [7, 11) is 0. The van der Waals surface area contributed by atoms with Gasteiger partial charge in [0, 0.05) is 0 Å². The second-order valence-corrected chi connectivity index (χ2v) is 16.9. The molecule has 0 heteroatoms. The van der Waals surface area contributed by atoms with Gasteiger partial charge in [0.25, 0.3) is 0 Å². The van der Waals surface area contributed by atoms with Crippen molar-refractivity contribution in [2.24, 2.45) is 0 Å². The second-order valence-electron chi connectivity index (χ2n) is 16.9. The zero-order valence-corrected chi connectivity index (χ0v) is 34.8. The topological polar surface area (TPSA) is 0 Å². The van der Waals surface area contributed by atoms with Crippen molar-refractivity contribution in [2.75, 3.05) is 0 Å². The molecule has 0 aliphatic carbocycles. The zero-order chi connectivity index (χ0) is 41.3. The standard InChI is InChI=1S/C62H42/c1-39-21-25-43(26-22-39)57-37-59(51-31-29-45(41-13-5-3-6-14-41)47-17-9-11-19-49(47)51)55-36-34-54-58(44-27-23-40(2)24-28-44)38-60(56-35-33-53(57)61(55)62(54)56)52-32-30-46(42-15-7-4-8-16-42)48-18-10-12-20-50(48)52/h3-38H,1-2H3. The van der Waals surface area contributed by atoms with E-state index in [1.165, 1.54) is 132 Å². The Labute approximate surface area is 362 Å². The molecule has 0 saturated heterocycles. The van der Waals surface area contributed by atoms with E-state index in [0.717, 1.165) is 0 Å². The van der Waals surface area contributed by atoms with Crippen LogP contribution >= 0.6 is 0 Å². The minimum absolute atomic E-state index is 1.22. The van der Waals surface area contributed by atoms with Crippen molar-refractivity contribution in [1.82, 2.24) is 0 Å². The quantitative estimate of drug-likeness (QED) is 0.147. The fraction of sp³-hybridized carbons (Fsp3) is 0.0323. The molecule has 62 heavy (non-hydrogen) atoms. The zero-order valence-electron chi connectivity index (χ0n) is 34.8. The average Bonchev–Trinajstić information content (AvgIpc) is 3.33. The van der Waals surface area contributed by atoms with Gasteiger partial charge in [-0.1, -0.05) is 217 Å². The van der Waals surface area contributed by atoms with Gasteiger partial charge in [-0.2, -0.15) is 0 Å². The van der Waals surface area contributed by atoms with E-state index in [1.807, 2.05) is 0 Å². The third-order valence-electron chi connectivity index (χ3n) is 13.2. The van der Waals surface area contributed by atoms with Crippen LogP contribution in [-0.2, 0) is 0 Å². The molecule has 0 fully saturated rings. The summed E-state index contributed by atoms with van der Waals surface area (Å²) < 4.78 is 0. The maximum Gasteiger partial charge on any atom is -0.00139 e. The van der Waals surface area contributed by atoms with Gasteiger partial charge in [-0.15, -0.1) is 0 Å². The molecule has 0 spiro atoms. The molecule has 0 amide bonds. The first-order valence-corrected chi connectivity index (χ1v) is 21.7. The van der Waals surface area contributed by atoms with Crippen molar-refractivity contribution in [3.63, 3.8) is 0 Å². The van der Waals surface area contributed by atoms with Gasteiger partial charge < -0.3 is 0 Å². The van der Waals surface area contributed by atoms with Gasteiger partial charge in [0.05, 0.1) is 0 Å². The van der Waals surface area contributed by atoms with E-state index in [1.54, 1.807) is 0 Å². The lowest BCUT2D eigenvalue weighted by atomic mass is 9.80. The normalized spacial score (nSPS) is 11.7. The molecule has 0 aliphatic heterocycles. The van der Waals surface area contributed by atoms with Gasteiger partial charge in [0.2, 0.25) is 0 Å². The van der Waals surface area contributed by atoms with Crippen LogP contribution in [0.3, 0.4) is 0 Å². The summed E-state index contributed by atoms with van der Waals surface area (Å²) in [5.74, 6) is 0. The summed E-state index contributed by atoms with van der Waals surface area (Å²) in [6.07, 6.45) is 0. The van der Waals surface area contributed by atoms with Crippen LogP contribution in [0.4, 0.5) is 0 Å². The van der Waals surface area contributed by atoms with Crippen molar-refractivity contribution in [1.29, 1.82) is 0 Å². The molecular formula is C62H42. The van der Waals surface area contributed by atoms with Gasteiger partial charge >= 0.3 is 0 Å². The number of hydrogen-bond acceptors (Lipinski definition) is 0. The summed E-state index contributed by atoms with van der Waals surface area (Å²) in [4.78, 5) is 0. The lowest BCUT2D eigenvalue weighted by Crippen LogP contribution is -1.95. The molecule has 0 aromatic heterocycles. The highest BCUT2D eigenvalue weighted by atomic mass is 14.3. The Morgan fingerprint density at radius 1 is 0.194 bits per heavy atom. The first-order valence-electron chi connectivity index (χ1n) is 21.7. The van der Waals surface area contributed by atoms with E-state index in [2.05, 4.69) is 232 Å². The SMILES string of the molecule is Cc1ccc(-c2cc(-c3ccc(-c4ccccc4)c4ccccc34)c3ccc4c(-c5ccc(C)cc5)cc(-c5ccc(-c6ccccc6)c6ccccc56)c5ccc2c3c45)cc1. The maximum absolute atomic E-state index is 2.47. The largest absolute Gasteiger partial charge is 0.0622 e. The molecule has 0 nitrogen and oxygen atoms in total. The van der Waals surface area contributed by atoms with Crippen LogP contribution in [0.1, 0.15) is 11.1 Å². The number of hydrogen-bond donors (Lipinski definition) is 0. The van der Waals surface area contributed by atoms with E-state index >= 15 is 0 Å². The fourth-order valence-corrected chi connectivity index (χ4v) is 10.2. The molecule has 0 radical (unpaired) electrons. The molecule has 290 valence electrons. The molecule has 0 bridgehead atoms. The van der Waals surface area contributed by atoms with E-state index < -0.39 is 0 Å². The van der Waals surface area contributed by atoms with Gasteiger partial charge in [0.1, 0.15) is 0 Å². The summed E-state index contributed by atoms with van der Waals surface area (Å²) in [5, 5.41) is 12.7. The fourth-order valence-electron chi connectivity index (χ4n) is 10.2. The van der Waals surface area contributed by atoms with Gasteiger partial charge in [-0.05, 0) is 147 Å². The van der Waals surface area contributed by atoms with Gasteiger partial charge in [-0.25, -0.2) is 0 Å². The second kappa shape index (κ2) is 14.4. The monoisotopic (exact) mass is 786 g/mol. The minimum Gasteiger partial charge on any atom is -0.0622 e. The van der Waals surface area contributed by atoms with Crippen LogP contribution in [0, 0.1) is 13.8 Å². The lowest BCUT2D eigenvalue weighted by molar-refractivity contribution is 1.47. The Bertz CT molecular complexity index is 3410. The number of fused-ring (bicyclic) bond motifs is 2. The highest BCUT2D eigenvalue weighted by molar-refractivity contribution is 6.33. The van der Waals surface area contributed by atoms with Crippen LogP contribution in [0.5, 0.6) is 0 Å². The summed E-state index contributed by atoms with van der Waals surface area (Å²) in [6, 6.07) is 81.5. The Kier molecular flexibility index (Phi) is 8.40. The molecule has 12 aromatic rings.